The third-order valence-corrected chi connectivity index (χ3v) is 3.87. The molecular weight excluding hydrogens is 288 g/mol. The molecule has 0 unspecified atom stereocenters. The minimum Gasteiger partial charge on any atom is -0.496 e. The van der Waals surface area contributed by atoms with E-state index in [1.165, 1.54) is 11.5 Å². The number of esters is 1. The summed E-state index contributed by atoms with van der Waals surface area (Å²) in [6.45, 7) is 4.49. The molecule has 21 heavy (non-hydrogen) atoms. The van der Waals surface area contributed by atoms with Gasteiger partial charge in [0, 0.05) is 12.1 Å². The molecular formula is C15H18N2O3S. The van der Waals surface area contributed by atoms with Crippen LogP contribution in [0.1, 0.15) is 28.5 Å². The molecule has 0 spiro atoms. The summed E-state index contributed by atoms with van der Waals surface area (Å²) in [7, 11) is 1.64. The molecule has 0 radical (unpaired) electrons. The SMILES string of the molecule is CCOC(=O)c1c(C)nsc1NCc1ccccc1OC. The van der Waals surface area contributed by atoms with Crippen molar-refractivity contribution in [1.82, 2.24) is 4.37 Å². The van der Waals surface area contributed by atoms with Gasteiger partial charge in [0.15, 0.2) is 0 Å². The number of para-hydroxylation sites is 1. The second-order valence-corrected chi connectivity index (χ2v) is 5.13. The molecule has 2 rings (SSSR count). The Bertz CT molecular complexity index is 625. The van der Waals surface area contributed by atoms with Crippen molar-refractivity contribution in [3.05, 3.63) is 41.1 Å². The maximum atomic E-state index is 12.0. The number of aryl methyl sites for hydroxylation is 1. The second-order valence-electron chi connectivity index (χ2n) is 4.36. The van der Waals surface area contributed by atoms with E-state index >= 15 is 0 Å². The molecule has 6 heteroatoms. The van der Waals surface area contributed by atoms with Gasteiger partial charge in [-0.25, -0.2) is 4.79 Å². The molecule has 0 fully saturated rings. The van der Waals surface area contributed by atoms with E-state index in [2.05, 4.69) is 9.69 Å². The number of carbonyl (C=O) groups is 1. The van der Waals surface area contributed by atoms with E-state index in [1.807, 2.05) is 24.3 Å². The van der Waals surface area contributed by atoms with Gasteiger partial charge in [-0.1, -0.05) is 18.2 Å². The molecule has 5 nitrogen and oxygen atoms in total. The summed E-state index contributed by atoms with van der Waals surface area (Å²) in [5, 5.41) is 3.96. The summed E-state index contributed by atoms with van der Waals surface area (Å²) >= 11 is 1.26. The Labute approximate surface area is 128 Å². The van der Waals surface area contributed by atoms with Gasteiger partial charge in [-0.2, -0.15) is 4.37 Å². The van der Waals surface area contributed by atoms with E-state index in [1.54, 1.807) is 21.0 Å². The van der Waals surface area contributed by atoms with Gasteiger partial charge in [-0.05, 0) is 31.4 Å². The van der Waals surface area contributed by atoms with Crippen molar-refractivity contribution in [3.8, 4) is 5.75 Å². The molecule has 0 saturated heterocycles. The molecule has 0 aliphatic rings. The summed E-state index contributed by atoms with van der Waals surface area (Å²) in [6.07, 6.45) is 0. The minimum absolute atomic E-state index is 0.341. The molecule has 0 saturated carbocycles. The predicted octanol–water partition coefficient (Wildman–Crippen LogP) is 3.25. The first-order chi connectivity index (χ1) is 10.2. The smallest absolute Gasteiger partial charge is 0.343 e. The van der Waals surface area contributed by atoms with Crippen LogP contribution in [0.5, 0.6) is 5.75 Å². The van der Waals surface area contributed by atoms with Crippen molar-refractivity contribution in [2.45, 2.75) is 20.4 Å². The highest BCUT2D eigenvalue weighted by molar-refractivity contribution is 7.10. The normalized spacial score (nSPS) is 10.2. The van der Waals surface area contributed by atoms with E-state index in [0.29, 0.717) is 24.4 Å². The fraction of sp³-hybridized carbons (Fsp3) is 0.333. The molecule has 112 valence electrons. The first-order valence-electron chi connectivity index (χ1n) is 6.66. The first kappa shape index (κ1) is 15.3. The Morgan fingerprint density at radius 3 is 2.86 bits per heavy atom. The largest absolute Gasteiger partial charge is 0.496 e. The maximum absolute atomic E-state index is 12.0. The van der Waals surface area contributed by atoms with Crippen LogP contribution in [0, 0.1) is 6.92 Å². The van der Waals surface area contributed by atoms with E-state index in [9.17, 15) is 4.79 Å². The zero-order valence-corrected chi connectivity index (χ0v) is 13.1. The lowest BCUT2D eigenvalue weighted by atomic mass is 10.2. The minimum atomic E-state index is -0.341. The fourth-order valence-corrected chi connectivity index (χ4v) is 2.74. The second kappa shape index (κ2) is 7.08. The van der Waals surface area contributed by atoms with Gasteiger partial charge >= 0.3 is 5.97 Å². The topological polar surface area (TPSA) is 60.5 Å². The number of nitrogens with zero attached hydrogens (tertiary/aromatic N) is 1. The Kier molecular flexibility index (Phi) is 5.16. The van der Waals surface area contributed by atoms with Crippen molar-refractivity contribution >= 4 is 22.5 Å². The number of ether oxygens (including phenoxy) is 2. The van der Waals surface area contributed by atoms with Crippen LogP contribution in [-0.2, 0) is 11.3 Å². The van der Waals surface area contributed by atoms with Gasteiger partial charge in [0.05, 0.1) is 19.4 Å². The molecule has 0 bridgehead atoms. The van der Waals surface area contributed by atoms with Crippen LogP contribution in [0.4, 0.5) is 5.00 Å². The number of hydrogen-bond acceptors (Lipinski definition) is 6. The average Bonchev–Trinajstić information content (AvgIpc) is 2.86. The molecule has 0 aliphatic heterocycles. The Morgan fingerprint density at radius 1 is 1.38 bits per heavy atom. The van der Waals surface area contributed by atoms with E-state index in [-0.39, 0.29) is 5.97 Å². The van der Waals surface area contributed by atoms with E-state index < -0.39 is 0 Å². The number of benzene rings is 1. The van der Waals surface area contributed by atoms with Crippen LogP contribution in [0.3, 0.4) is 0 Å². The Balaban J connectivity index is 2.15. The van der Waals surface area contributed by atoms with E-state index in [4.69, 9.17) is 9.47 Å². The molecule has 0 atom stereocenters. The van der Waals surface area contributed by atoms with Crippen LogP contribution >= 0.6 is 11.5 Å². The average molecular weight is 306 g/mol. The van der Waals surface area contributed by atoms with Crippen LogP contribution in [0.25, 0.3) is 0 Å². The summed E-state index contributed by atoms with van der Waals surface area (Å²) in [5.41, 5.74) is 2.21. The quantitative estimate of drug-likeness (QED) is 0.830. The summed E-state index contributed by atoms with van der Waals surface area (Å²) in [4.78, 5) is 12.0. The van der Waals surface area contributed by atoms with Gasteiger partial charge in [-0.3, -0.25) is 0 Å². The number of anilines is 1. The van der Waals surface area contributed by atoms with Crippen molar-refractivity contribution in [3.63, 3.8) is 0 Å². The standard InChI is InChI=1S/C15H18N2O3S/c1-4-20-15(18)13-10(2)17-21-14(13)16-9-11-7-5-6-8-12(11)19-3/h5-8,16H,4,9H2,1-3H3. The lowest BCUT2D eigenvalue weighted by Gasteiger charge is -2.10. The summed E-state index contributed by atoms with van der Waals surface area (Å²) in [5.74, 6) is 0.468. The predicted molar refractivity (Wildman–Crippen MR) is 83.1 cm³/mol. The number of aromatic nitrogens is 1. The van der Waals surface area contributed by atoms with Gasteiger partial charge in [-0.15, -0.1) is 0 Å². The molecule has 1 heterocycles. The summed E-state index contributed by atoms with van der Waals surface area (Å²) < 4.78 is 14.6. The zero-order chi connectivity index (χ0) is 15.2. The van der Waals surface area contributed by atoms with Crippen molar-refractivity contribution < 1.29 is 14.3 Å². The van der Waals surface area contributed by atoms with Crippen molar-refractivity contribution in [2.75, 3.05) is 19.0 Å². The van der Waals surface area contributed by atoms with Crippen LogP contribution in [-0.4, -0.2) is 24.1 Å². The third-order valence-electron chi connectivity index (χ3n) is 2.97. The molecule has 1 N–H and O–H groups in total. The first-order valence-corrected chi connectivity index (χ1v) is 7.43. The number of methoxy groups -OCH3 is 1. The highest BCUT2D eigenvalue weighted by Gasteiger charge is 2.19. The third kappa shape index (κ3) is 3.52. The molecule has 0 amide bonds. The van der Waals surface area contributed by atoms with Crippen molar-refractivity contribution in [2.24, 2.45) is 0 Å². The van der Waals surface area contributed by atoms with Gasteiger partial charge in [0.25, 0.3) is 0 Å². The van der Waals surface area contributed by atoms with Gasteiger partial charge < -0.3 is 14.8 Å². The maximum Gasteiger partial charge on any atom is 0.343 e. The van der Waals surface area contributed by atoms with Gasteiger partial charge in [0.2, 0.25) is 0 Å². The molecule has 2 aromatic rings. The highest BCUT2D eigenvalue weighted by atomic mass is 32.1. The lowest BCUT2D eigenvalue weighted by Crippen LogP contribution is -2.09. The number of hydrogen-bond donors (Lipinski definition) is 1. The fourth-order valence-electron chi connectivity index (χ4n) is 1.96. The molecule has 0 aliphatic carbocycles. The lowest BCUT2D eigenvalue weighted by molar-refractivity contribution is 0.0527. The highest BCUT2D eigenvalue weighted by Crippen LogP contribution is 2.27. The summed E-state index contributed by atoms with van der Waals surface area (Å²) in [6, 6.07) is 7.75. The van der Waals surface area contributed by atoms with E-state index in [0.717, 1.165) is 16.3 Å². The zero-order valence-electron chi connectivity index (χ0n) is 12.3. The van der Waals surface area contributed by atoms with Crippen LogP contribution in [0.15, 0.2) is 24.3 Å². The monoisotopic (exact) mass is 306 g/mol. The van der Waals surface area contributed by atoms with Crippen LogP contribution < -0.4 is 10.1 Å². The number of rotatable bonds is 6. The Hall–Kier alpha value is -2.08. The molecule has 1 aromatic carbocycles. The Morgan fingerprint density at radius 2 is 2.14 bits per heavy atom. The van der Waals surface area contributed by atoms with Crippen LogP contribution in [0.2, 0.25) is 0 Å². The van der Waals surface area contributed by atoms with Crippen molar-refractivity contribution in [1.29, 1.82) is 0 Å². The van der Waals surface area contributed by atoms with Gasteiger partial charge in [0.1, 0.15) is 16.3 Å². The number of nitrogens with one attached hydrogen (secondary N) is 1. The number of carbonyl (C=O) groups excluding carboxylic acids is 1. The molecule has 1 aromatic heterocycles.